The Labute approximate surface area is 119 Å². The van der Waals surface area contributed by atoms with Crippen molar-refractivity contribution in [1.29, 1.82) is 0 Å². The highest BCUT2D eigenvalue weighted by atomic mass is 79.9. The summed E-state index contributed by atoms with van der Waals surface area (Å²) in [7, 11) is 1.93. The molecule has 0 atom stereocenters. The molecule has 1 fully saturated rings. The maximum absolute atomic E-state index is 12.0. The Morgan fingerprint density at radius 1 is 1.33 bits per heavy atom. The molecule has 0 unspecified atom stereocenters. The molecule has 0 aromatic rings. The van der Waals surface area contributed by atoms with Gasteiger partial charge in [-0.1, -0.05) is 22.4 Å². The van der Waals surface area contributed by atoms with Crippen LogP contribution in [0.3, 0.4) is 0 Å². The number of unbranched alkanes of at least 4 members (excludes halogenated alkanes) is 2. The number of carbonyl (C=O) groups excluding carboxylic acids is 1. The predicted molar refractivity (Wildman–Crippen MR) is 78.0 cm³/mol. The summed E-state index contributed by atoms with van der Waals surface area (Å²) in [4.78, 5) is 13.8. The van der Waals surface area contributed by atoms with Gasteiger partial charge in [-0.25, -0.2) is 0 Å². The van der Waals surface area contributed by atoms with Crippen LogP contribution in [0.25, 0.3) is 0 Å². The van der Waals surface area contributed by atoms with E-state index >= 15 is 0 Å². The maximum atomic E-state index is 12.0. The van der Waals surface area contributed by atoms with Crippen LogP contribution >= 0.6 is 15.9 Å². The van der Waals surface area contributed by atoms with Crippen molar-refractivity contribution < 1.29 is 9.53 Å². The molecule has 0 aliphatic heterocycles. The molecule has 18 heavy (non-hydrogen) atoms. The van der Waals surface area contributed by atoms with Crippen LogP contribution in [0.4, 0.5) is 0 Å². The average Bonchev–Trinajstić information content (AvgIpc) is 2.31. The molecule has 1 aliphatic carbocycles. The SMILES string of the molecule is CCOC1CC(CC(=O)N(C)CCCCCBr)C1. The van der Waals surface area contributed by atoms with E-state index in [2.05, 4.69) is 15.9 Å². The smallest absolute Gasteiger partial charge is 0.222 e. The van der Waals surface area contributed by atoms with Crippen molar-refractivity contribution in [3.63, 3.8) is 0 Å². The summed E-state index contributed by atoms with van der Waals surface area (Å²) in [6.07, 6.45) is 6.75. The molecule has 0 bridgehead atoms. The summed E-state index contributed by atoms with van der Waals surface area (Å²) in [5.41, 5.74) is 0. The van der Waals surface area contributed by atoms with Gasteiger partial charge in [0.2, 0.25) is 5.91 Å². The van der Waals surface area contributed by atoms with Crippen molar-refractivity contribution >= 4 is 21.8 Å². The summed E-state index contributed by atoms with van der Waals surface area (Å²) >= 11 is 3.42. The van der Waals surface area contributed by atoms with Crippen molar-refractivity contribution in [2.75, 3.05) is 25.5 Å². The van der Waals surface area contributed by atoms with Gasteiger partial charge < -0.3 is 9.64 Å². The zero-order valence-electron chi connectivity index (χ0n) is 11.7. The molecular formula is C14H26BrNO2. The van der Waals surface area contributed by atoms with E-state index in [0.29, 0.717) is 24.3 Å². The molecule has 0 heterocycles. The van der Waals surface area contributed by atoms with Crippen molar-refractivity contribution in [2.24, 2.45) is 5.92 Å². The maximum Gasteiger partial charge on any atom is 0.222 e. The normalized spacial score (nSPS) is 22.6. The monoisotopic (exact) mass is 319 g/mol. The minimum Gasteiger partial charge on any atom is -0.378 e. The number of amides is 1. The Morgan fingerprint density at radius 2 is 2.06 bits per heavy atom. The van der Waals surface area contributed by atoms with Crippen LogP contribution < -0.4 is 0 Å². The van der Waals surface area contributed by atoms with Crippen molar-refractivity contribution in [1.82, 2.24) is 4.90 Å². The van der Waals surface area contributed by atoms with E-state index in [1.54, 1.807) is 0 Å². The lowest BCUT2D eigenvalue weighted by atomic mass is 9.80. The second-order valence-corrected chi connectivity index (χ2v) is 5.98. The highest BCUT2D eigenvalue weighted by Crippen LogP contribution is 2.32. The summed E-state index contributed by atoms with van der Waals surface area (Å²) in [6, 6.07) is 0. The van der Waals surface area contributed by atoms with E-state index in [4.69, 9.17) is 4.74 Å². The molecule has 0 aromatic carbocycles. The Hall–Kier alpha value is -0.0900. The second kappa shape index (κ2) is 8.92. The topological polar surface area (TPSA) is 29.5 Å². The standard InChI is InChI=1S/C14H26BrNO2/c1-3-18-13-9-12(10-13)11-14(17)16(2)8-6-4-5-7-15/h12-13H,3-11H2,1-2H3. The summed E-state index contributed by atoms with van der Waals surface area (Å²) in [5.74, 6) is 0.854. The lowest BCUT2D eigenvalue weighted by Crippen LogP contribution is -2.36. The van der Waals surface area contributed by atoms with Crippen LogP contribution in [-0.4, -0.2) is 42.4 Å². The van der Waals surface area contributed by atoms with Gasteiger partial charge in [0.15, 0.2) is 0 Å². The quantitative estimate of drug-likeness (QED) is 0.482. The van der Waals surface area contributed by atoms with Gasteiger partial charge in [0.1, 0.15) is 0 Å². The van der Waals surface area contributed by atoms with Crippen molar-refractivity contribution in [3.05, 3.63) is 0 Å². The first-order valence-corrected chi connectivity index (χ1v) is 8.21. The van der Waals surface area contributed by atoms with Crippen LogP contribution in [0.2, 0.25) is 0 Å². The van der Waals surface area contributed by atoms with Crippen molar-refractivity contribution in [3.8, 4) is 0 Å². The van der Waals surface area contributed by atoms with Gasteiger partial charge in [0.25, 0.3) is 0 Å². The minimum absolute atomic E-state index is 0.300. The molecule has 4 heteroatoms. The van der Waals surface area contributed by atoms with Crippen LogP contribution in [0, 0.1) is 5.92 Å². The fraction of sp³-hybridized carbons (Fsp3) is 0.929. The third kappa shape index (κ3) is 5.70. The Kier molecular flexibility index (Phi) is 7.91. The fourth-order valence-electron chi connectivity index (χ4n) is 2.36. The molecule has 0 radical (unpaired) electrons. The van der Waals surface area contributed by atoms with Crippen LogP contribution in [-0.2, 0) is 9.53 Å². The number of rotatable bonds is 9. The van der Waals surface area contributed by atoms with Gasteiger partial charge in [0, 0.05) is 32.0 Å². The van der Waals surface area contributed by atoms with Gasteiger partial charge in [0.05, 0.1) is 6.10 Å². The third-order valence-electron chi connectivity index (χ3n) is 3.61. The molecular weight excluding hydrogens is 294 g/mol. The van der Waals surface area contributed by atoms with E-state index in [1.165, 1.54) is 12.8 Å². The Morgan fingerprint density at radius 3 is 2.67 bits per heavy atom. The van der Waals surface area contributed by atoms with Gasteiger partial charge in [-0.3, -0.25) is 4.79 Å². The van der Waals surface area contributed by atoms with Crippen LogP contribution in [0.1, 0.15) is 45.4 Å². The largest absolute Gasteiger partial charge is 0.378 e. The van der Waals surface area contributed by atoms with Gasteiger partial charge in [-0.15, -0.1) is 0 Å². The van der Waals surface area contributed by atoms with Gasteiger partial charge in [-0.05, 0) is 38.5 Å². The number of hydrogen-bond acceptors (Lipinski definition) is 2. The molecule has 0 saturated heterocycles. The Bertz CT molecular complexity index is 242. The number of ether oxygens (including phenoxy) is 1. The molecule has 0 spiro atoms. The highest BCUT2D eigenvalue weighted by Gasteiger charge is 2.31. The Balaban J connectivity index is 2.06. The zero-order valence-corrected chi connectivity index (χ0v) is 13.2. The van der Waals surface area contributed by atoms with E-state index in [9.17, 15) is 4.79 Å². The summed E-state index contributed by atoms with van der Waals surface area (Å²) in [5, 5.41) is 1.06. The predicted octanol–water partition coefficient (Wildman–Crippen LogP) is 3.22. The van der Waals surface area contributed by atoms with Crippen LogP contribution in [0.5, 0.6) is 0 Å². The van der Waals surface area contributed by atoms with E-state index in [0.717, 1.165) is 37.7 Å². The van der Waals surface area contributed by atoms with Crippen LogP contribution in [0.15, 0.2) is 0 Å². The molecule has 0 aromatic heterocycles. The number of carbonyl (C=O) groups is 1. The number of alkyl halides is 1. The van der Waals surface area contributed by atoms with Crippen molar-refractivity contribution in [2.45, 2.75) is 51.6 Å². The number of hydrogen-bond donors (Lipinski definition) is 0. The lowest BCUT2D eigenvalue weighted by Gasteiger charge is -2.35. The fourth-order valence-corrected chi connectivity index (χ4v) is 2.76. The van der Waals surface area contributed by atoms with E-state index in [-0.39, 0.29) is 0 Å². The van der Waals surface area contributed by atoms with Gasteiger partial charge >= 0.3 is 0 Å². The molecule has 106 valence electrons. The summed E-state index contributed by atoms with van der Waals surface area (Å²) < 4.78 is 5.51. The minimum atomic E-state index is 0.300. The average molecular weight is 320 g/mol. The molecule has 1 saturated carbocycles. The first-order valence-electron chi connectivity index (χ1n) is 7.08. The van der Waals surface area contributed by atoms with E-state index < -0.39 is 0 Å². The van der Waals surface area contributed by atoms with Gasteiger partial charge in [-0.2, -0.15) is 0 Å². The second-order valence-electron chi connectivity index (χ2n) is 5.18. The first kappa shape index (κ1) is 16.0. The number of nitrogens with zero attached hydrogens (tertiary/aromatic N) is 1. The third-order valence-corrected chi connectivity index (χ3v) is 4.17. The molecule has 0 N–H and O–H groups in total. The molecule has 1 amide bonds. The molecule has 1 aliphatic rings. The highest BCUT2D eigenvalue weighted by molar-refractivity contribution is 9.09. The number of halogens is 1. The lowest BCUT2D eigenvalue weighted by molar-refractivity contribution is -0.133. The molecule has 1 rings (SSSR count). The molecule has 3 nitrogen and oxygen atoms in total. The summed E-state index contributed by atoms with van der Waals surface area (Å²) in [6.45, 7) is 3.71. The first-order chi connectivity index (χ1) is 8.67. The van der Waals surface area contributed by atoms with E-state index in [1.807, 2.05) is 18.9 Å². The zero-order chi connectivity index (χ0) is 13.4.